The summed E-state index contributed by atoms with van der Waals surface area (Å²) >= 11 is 1.78. The van der Waals surface area contributed by atoms with Crippen LogP contribution in [0, 0.1) is 0 Å². The van der Waals surface area contributed by atoms with Crippen LogP contribution in [0.1, 0.15) is 0 Å². The van der Waals surface area contributed by atoms with Crippen molar-refractivity contribution in [2.75, 3.05) is 0 Å². The molecule has 47 heavy (non-hydrogen) atoms. The lowest BCUT2D eigenvalue weighted by atomic mass is 9.99. The van der Waals surface area contributed by atoms with Gasteiger partial charge in [-0.05, 0) is 62.0 Å². The average molecular weight is 617 g/mol. The zero-order valence-electron chi connectivity index (χ0n) is 25.1. The minimum Gasteiger partial charge on any atom is -0.255 e. The summed E-state index contributed by atoms with van der Waals surface area (Å²) in [5.41, 5.74) is 3.94. The predicted octanol–water partition coefficient (Wildman–Crippen LogP) is 11.2. The summed E-state index contributed by atoms with van der Waals surface area (Å²) in [5.74, 6) is 1.96. The van der Waals surface area contributed by atoms with Crippen molar-refractivity contribution in [2.24, 2.45) is 0 Å². The second-order valence-electron chi connectivity index (χ2n) is 11.9. The summed E-state index contributed by atoms with van der Waals surface area (Å²) < 4.78 is 2.41. The molecule has 10 rings (SSSR count). The summed E-state index contributed by atoms with van der Waals surface area (Å²) in [4.78, 5) is 20.1. The van der Waals surface area contributed by atoms with E-state index >= 15 is 0 Å². The van der Waals surface area contributed by atoms with Gasteiger partial charge in [-0.2, -0.15) is 0 Å². The van der Waals surface area contributed by atoms with Crippen LogP contribution in [-0.2, 0) is 0 Å². The first-order chi connectivity index (χ1) is 23.3. The second-order valence-corrected chi connectivity index (χ2v) is 12.9. The van der Waals surface area contributed by atoms with Gasteiger partial charge in [-0.15, -0.1) is 11.3 Å². The number of pyridine rings is 1. The highest BCUT2D eigenvalue weighted by atomic mass is 32.1. The maximum Gasteiger partial charge on any atom is 0.164 e. The van der Waals surface area contributed by atoms with E-state index in [0.29, 0.717) is 17.5 Å². The van der Waals surface area contributed by atoms with E-state index in [0.717, 1.165) is 38.4 Å². The van der Waals surface area contributed by atoms with Crippen LogP contribution in [0.25, 0.3) is 97.6 Å². The molecule has 3 aromatic heterocycles. The number of hydrogen-bond donors (Lipinski definition) is 0. The molecule has 218 valence electrons. The Labute approximate surface area is 273 Å². The minimum atomic E-state index is 0.650. The molecule has 10 aromatic rings. The lowest BCUT2D eigenvalue weighted by Gasteiger charge is -2.12. The van der Waals surface area contributed by atoms with Crippen LogP contribution in [-0.4, -0.2) is 19.9 Å². The molecule has 0 N–H and O–H groups in total. The van der Waals surface area contributed by atoms with Crippen molar-refractivity contribution in [3.8, 4) is 34.2 Å². The lowest BCUT2D eigenvalue weighted by Crippen LogP contribution is -2.00. The predicted molar refractivity (Wildman–Crippen MR) is 197 cm³/mol. The highest BCUT2D eigenvalue weighted by molar-refractivity contribution is 7.26. The molecular weight excluding hydrogens is 593 g/mol. The normalized spacial score (nSPS) is 11.8. The molecule has 0 radical (unpaired) electrons. The van der Waals surface area contributed by atoms with Gasteiger partial charge in [0, 0.05) is 38.4 Å². The molecular formula is C42H24N4S. The third-order valence-electron chi connectivity index (χ3n) is 9.14. The zero-order valence-corrected chi connectivity index (χ0v) is 25.9. The first-order valence-electron chi connectivity index (χ1n) is 15.6. The lowest BCUT2D eigenvalue weighted by molar-refractivity contribution is 1.08. The Morgan fingerprint density at radius 1 is 0.404 bits per heavy atom. The third-order valence-corrected chi connectivity index (χ3v) is 10.3. The molecule has 0 unspecified atom stereocenters. The number of hydrogen-bond acceptors (Lipinski definition) is 5. The van der Waals surface area contributed by atoms with Crippen LogP contribution in [0.15, 0.2) is 146 Å². The van der Waals surface area contributed by atoms with Gasteiger partial charge in [0.1, 0.15) is 0 Å². The molecule has 0 spiro atoms. The topological polar surface area (TPSA) is 51.6 Å². The van der Waals surface area contributed by atoms with Gasteiger partial charge in [0.2, 0.25) is 0 Å². The van der Waals surface area contributed by atoms with Gasteiger partial charge in [0.05, 0.1) is 10.2 Å². The molecule has 7 aromatic carbocycles. The summed E-state index contributed by atoms with van der Waals surface area (Å²) in [5, 5.41) is 10.6. The molecule has 0 atom stereocenters. The van der Waals surface area contributed by atoms with E-state index < -0.39 is 0 Å². The van der Waals surface area contributed by atoms with Crippen LogP contribution < -0.4 is 0 Å². The third kappa shape index (κ3) is 4.21. The van der Waals surface area contributed by atoms with Crippen molar-refractivity contribution in [3.05, 3.63) is 146 Å². The van der Waals surface area contributed by atoms with Crippen molar-refractivity contribution in [1.29, 1.82) is 0 Å². The molecule has 3 heterocycles. The van der Waals surface area contributed by atoms with Crippen LogP contribution in [0.5, 0.6) is 0 Å². The van der Waals surface area contributed by atoms with Crippen molar-refractivity contribution in [1.82, 2.24) is 19.9 Å². The van der Waals surface area contributed by atoms with E-state index in [1.807, 2.05) is 12.3 Å². The van der Waals surface area contributed by atoms with Gasteiger partial charge in [0.25, 0.3) is 0 Å². The molecule has 4 nitrogen and oxygen atoms in total. The fourth-order valence-electron chi connectivity index (χ4n) is 6.84. The Kier molecular flexibility index (Phi) is 5.71. The zero-order chi connectivity index (χ0) is 30.9. The summed E-state index contributed by atoms with van der Waals surface area (Å²) in [7, 11) is 0. The van der Waals surface area contributed by atoms with Gasteiger partial charge in [0.15, 0.2) is 17.5 Å². The van der Waals surface area contributed by atoms with Crippen LogP contribution in [0.3, 0.4) is 0 Å². The number of aromatic nitrogens is 4. The van der Waals surface area contributed by atoms with Gasteiger partial charge in [-0.1, -0.05) is 115 Å². The Balaban J connectivity index is 1.21. The molecule has 0 amide bonds. The van der Waals surface area contributed by atoms with E-state index in [9.17, 15) is 0 Å². The van der Waals surface area contributed by atoms with E-state index in [1.54, 1.807) is 11.3 Å². The number of thiophene rings is 1. The van der Waals surface area contributed by atoms with E-state index in [4.69, 9.17) is 15.0 Å². The number of fused-ring (bicyclic) bond motifs is 9. The maximum absolute atomic E-state index is 5.17. The molecule has 0 aliphatic carbocycles. The number of nitrogens with zero attached hydrogens (tertiary/aromatic N) is 4. The summed E-state index contributed by atoms with van der Waals surface area (Å²) in [6, 6.07) is 49.1. The first-order valence-corrected chi connectivity index (χ1v) is 16.4. The van der Waals surface area contributed by atoms with Crippen molar-refractivity contribution >= 4 is 74.7 Å². The van der Waals surface area contributed by atoms with E-state index in [-0.39, 0.29) is 0 Å². The maximum atomic E-state index is 5.17. The Hall–Kier alpha value is -6.04. The molecule has 0 bridgehead atoms. The molecule has 5 heteroatoms. The first kappa shape index (κ1) is 26.2. The molecule has 0 fully saturated rings. The van der Waals surface area contributed by atoms with Crippen molar-refractivity contribution < 1.29 is 0 Å². The smallest absolute Gasteiger partial charge is 0.164 e. The fraction of sp³-hybridized carbons (Fsp3) is 0. The highest BCUT2D eigenvalue weighted by Crippen LogP contribution is 2.40. The summed E-state index contributed by atoms with van der Waals surface area (Å²) in [6.07, 6.45) is 1.87. The molecule has 0 saturated heterocycles. The van der Waals surface area contributed by atoms with Crippen LogP contribution in [0.2, 0.25) is 0 Å². The van der Waals surface area contributed by atoms with E-state index in [2.05, 4.69) is 138 Å². The van der Waals surface area contributed by atoms with Crippen molar-refractivity contribution in [3.63, 3.8) is 0 Å². The standard InChI is InChI=1S/C42H24N4S/c1-2-9-27-23-29(17-14-25(27)7-1)40-44-41(30-18-19-32-28(24-30)16-15-26-8-3-4-10-31(26)32)46-42(45-40)35-12-5-11-34-33(35)20-21-36-38-37(47-39(34)36)13-6-22-43-38/h1-24H. The largest absolute Gasteiger partial charge is 0.255 e. The minimum absolute atomic E-state index is 0.650. The monoisotopic (exact) mass is 616 g/mol. The van der Waals surface area contributed by atoms with Gasteiger partial charge in [-0.25, -0.2) is 15.0 Å². The Morgan fingerprint density at radius 3 is 1.94 bits per heavy atom. The van der Waals surface area contributed by atoms with Crippen LogP contribution in [0.4, 0.5) is 0 Å². The van der Waals surface area contributed by atoms with Crippen molar-refractivity contribution in [2.45, 2.75) is 0 Å². The average Bonchev–Trinajstić information content (AvgIpc) is 3.53. The van der Waals surface area contributed by atoms with E-state index in [1.165, 1.54) is 41.7 Å². The Bertz CT molecular complexity index is 2870. The van der Waals surface area contributed by atoms with Gasteiger partial charge >= 0.3 is 0 Å². The van der Waals surface area contributed by atoms with Gasteiger partial charge in [-0.3, -0.25) is 4.98 Å². The SMILES string of the molecule is c1ccc2cc(-c3nc(-c4ccc5c(ccc6ccccc65)c4)nc(-c4cccc5c4ccc4c6ncccc6sc54)n3)ccc2c1. The molecule has 0 aliphatic rings. The Morgan fingerprint density at radius 2 is 1.04 bits per heavy atom. The molecule has 0 aliphatic heterocycles. The number of rotatable bonds is 3. The fourth-order valence-corrected chi connectivity index (χ4v) is 8.03. The highest BCUT2D eigenvalue weighted by Gasteiger charge is 2.17. The second kappa shape index (κ2) is 10.2. The number of benzene rings is 7. The quantitative estimate of drug-likeness (QED) is 0.185. The van der Waals surface area contributed by atoms with Crippen LogP contribution >= 0.6 is 11.3 Å². The van der Waals surface area contributed by atoms with Gasteiger partial charge < -0.3 is 0 Å². The summed E-state index contributed by atoms with van der Waals surface area (Å²) in [6.45, 7) is 0. The molecule has 0 saturated carbocycles.